The molecular formula is C8H16N2. The summed E-state index contributed by atoms with van der Waals surface area (Å²) in [6.45, 7) is 6.04. The lowest BCUT2D eigenvalue weighted by Crippen LogP contribution is -2.34. The standard InChI is InChI=1S/C8H16N2/c1-7(2)4-5-8(3,10)6-9/h7H,4-5,10H2,1-3H3. The molecule has 0 aliphatic carbocycles. The van der Waals surface area contributed by atoms with Gasteiger partial charge in [-0.1, -0.05) is 13.8 Å². The predicted molar refractivity (Wildman–Crippen MR) is 42.3 cm³/mol. The molecule has 0 rings (SSSR count). The Morgan fingerprint density at radius 1 is 1.60 bits per heavy atom. The van der Waals surface area contributed by atoms with Gasteiger partial charge in [0, 0.05) is 0 Å². The number of hydrogen-bond acceptors (Lipinski definition) is 2. The molecule has 0 bridgehead atoms. The smallest absolute Gasteiger partial charge is 0.101 e. The molecule has 0 aromatic carbocycles. The first-order valence-electron chi connectivity index (χ1n) is 3.68. The van der Waals surface area contributed by atoms with E-state index in [1.807, 2.05) is 0 Å². The third-order valence-electron chi connectivity index (χ3n) is 1.50. The van der Waals surface area contributed by atoms with Crippen molar-refractivity contribution in [3.63, 3.8) is 0 Å². The summed E-state index contributed by atoms with van der Waals surface area (Å²) < 4.78 is 0. The number of nitrogens with zero attached hydrogens (tertiary/aromatic N) is 1. The maximum atomic E-state index is 8.53. The molecule has 10 heavy (non-hydrogen) atoms. The van der Waals surface area contributed by atoms with E-state index < -0.39 is 5.54 Å². The summed E-state index contributed by atoms with van der Waals surface area (Å²) in [7, 11) is 0. The van der Waals surface area contributed by atoms with Crippen LogP contribution in [0.25, 0.3) is 0 Å². The second-order valence-corrected chi connectivity index (χ2v) is 3.46. The maximum absolute atomic E-state index is 8.53. The van der Waals surface area contributed by atoms with Gasteiger partial charge < -0.3 is 5.73 Å². The first kappa shape index (κ1) is 9.45. The minimum Gasteiger partial charge on any atom is -0.314 e. The summed E-state index contributed by atoms with van der Waals surface area (Å²) in [4.78, 5) is 0. The fourth-order valence-electron chi connectivity index (χ4n) is 0.644. The van der Waals surface area contributed by atoms with Crippen molar-refractivity contribution < 1.29 is 0 Å². The van der Waals surface area contributed by atoms with Crippen LogP contribution < -0.4 is 5.73 Å². The minimum atomic E-state index is -0.621. The molecule has 0 heterocycles. The highest BCUT2D eigenvalue weighted by Gasteiger charge is 2.16. The van der Waals surface area contributed by atoms with Gasteiger partial charge in [-0.05, 0) is 25.7 Å². The molecule has 2 N–H and O–H groups in total. The molecule has 1 unspecified atom stereocenters. The summed E-state index contributed by atoms with van der Waals surface area (Å²) >= 11 is 0. The third-order valence-corrected chi connectivity index (χ3v) is 1.50. The topological polar surface area (TPSA) is 49.8 Å². The van der Waals surface area contributed by atoms with Crippen LogP contribution in [0, 0.1) is 17.2 Å². The van der Waals surface area contributed by atoms with E-state index in [0.717, 1.165) is 12.8 Å². The largest absolute Gasteiger partial charge is 0.314 e. The average molecular weight is 140 g/mol. The van der Waals surface area contributed by atoms with Gasteiger partial charge in [-0.25, -0.2) is 0 Å². The lowest BCUT2D eigenvalue weighted by molar-refractivity contribution is 0.457. The Balaban J connectivity index is 3.60. The fourth-order valence-corrected chi connectivity index (χ4v) is 0.644. The van der Waals surface area contributed by atoms with Crippen molar-refractivity contribution in [3.05, 3.63) is 0 Å². The Morgan fingerprint density at radius 2 is 2.10 bits per heavy atom. The lowest BCUT2D eigenvalue weighted by Gasteiger charge is -2.15. The van der Waals surface area contributed by atoms with E-state index in [9.17, 15) is 0 Å². The molecule has 0 radical (unpaired) electrons. The van der Waals surface area contributed by atoms with Gasteiger partial charge >= 0.3 is 0 Å². The molecule has 0 saturated heterocycles. The first-order chi connectivity index (χ1) is 4.48. The second-order valence-electron chi connectivity index (χ2n) is 3.46. The maximum Gasteiger partial charge on any atom is 0.101 e. The molecule has 0 aromatic rings. The van der Waals surface area contributed by atoms with Gasteiger partial charge in [-0.15, -0.1) is 0 Å². The quantitative estimate of drug-likeness (QED) is 0.648. The zero-order valence-corrected chi connectivity index (χ0v) is 7.02. The van der Waals surface area contributed by atoms with Crippen LogP contribution in [0.5, 0.6) is 0 Å². The summed E-state index contributed by atoms with van der Waals surface area (Å²) in [6.07, 6.45) is 1.82. The number of hydrogen-bond donors (Lipinski definition) is 1. The molecule has 58 valence electrons. The van der Waals surface area contributed by atoms with Crippen molar-refractivity contribution in [2.75, 3.05) is 0 Å². The molecule has 0 fully saturated rings. The van der Waals surface area contributed by atoms with E-state index in [2.05, 4.69) is 19.9 Å². The van der Waals surface area contributed by atoms with Crippen LogP contribution in [-0.4, -0.2) is 5.54 Å². The van der Waals surface area contributed by atoms with Gasteiger partial charge in [0.2, 0.25) is 0 Å². The van der Waals surface area contributed by atoms with Gasteiger partial charge in [-0.3, -0.25) is 0 Å². The van der Waals surface area contributed by atoms with Crippen LogP contribution in [0.4, 0.5) is 0 Å². The highest BCUT2D eigenvalue weighted by atomic mass is 14.7. The van der Waals surface area contributed by atoms with Crippen molar-refractivity contribution in [1.82, 2.24) is 0 Å². The summed E-state index contributed by atoms with van der Waals surface area (Å²) in [5, 5.41) is 8.53. The van der Waals surface area contributed by atoms with Crippen molar-refractivity contribution in [3.8, 4) is 6.07 Å². The molecular weight excluding hydrogens is 124 g/mol. The SMILES string of the molecule is CC(C)CCC(C)(N)C#N. The zero-order valence-electron chi connectivity index (χ0n) is 7.02. The minimum absolute atomic E-state index is 0.621. The molecule has 0 spiro atoms. The molecule has 2 heteroatoms. The number of nitrogens with two attached hydrogens (primary N) is 1. The van der Waals surface area contributed by atoms with Crippen molar-refractivity contribution in [2.45, 2.75) is 39.2 Å². The Hall–Kier alpha value is -0.550. The van der Waals surface area contributed by atoms with E-state index in [4.69, 9.17) is 11.0 Å². The van der Waals surface area contributed by atoms with Crippen LogP contribution in [-0.2, 0) is 0 Å². The second kappa shape index (κ2) is 3.58. The Bertz CT molecular complexity index is 131. The van der Waals surface area contributed by atoms with E-state index in [0.29, 0.717) is 5.92 Å². The van der Waals surface area contributed by atoms with Crippen molar-refractivity contribution in [2.24, 2.45) is 11.7 Å². The molecule has 0 aromatic heterocycles. The van der Waals surface area contributed by atoms with E-state index in [1.165, 1.54) is 0 Å². The van der Waals surface area contributed by atoms with E-state index in [-0.39, 0.29) is 0 Å². The van der Waals surface area contributed by atoms with Gasteiger partial charge in [0.25, 0.3) is 0 Å². The fraction of sp³-hybridized carbons (Fsp3) is 0.875. The van der Waals surface area contributed by atoms with Crippen LogP contribution in [0.2, 0.25) is 0 Å². The summed E-state index contributed by atoms with van der Waals surface area (Å²) in [6, 6.07) is 2.07. The van der Waals surface area contributed by atoms with Crippen molar-refractivity contribution in [1.29, 1.82) is 5.26 Å². The third kappa shape index (κ3) is 4.34. The Labute approximate surface area is 63.0 Å². The molecule has 2 nitrogen and oxygen atoms in total. The van der Waals surface area contributed by atoms with Crippen LogP contribution >= 0.6 is 0 Å². The number of nitriles is 1. The molecule has 0 amide bonds. The van der Waals surface area contributed by atoms with Gasteiger partial charge in [-0.2, -0.15) is 5.26 Å². The zero-order chi connectivity index (χ0) is 8.20. The van der Waals surface area contributed by atoms with E-state index >= 15 is 0 Å². The van der Waals surface area contributed by atoms with Gasteiger partial charge in [0.15, 0.2) is 0 Å². The van der Waals surface area contributed by atoms with Gasteiger partial charge in [0.05, 0.1) is 6.07 Å². The van der Waals surface area contributed by atoms with Crippen LogP contribution in [0.15, 0.2) is 0 Å². The normalized spacial score (nSPS) is 16.4. The summed E-state index contributed by atoms with van der Waals surface area (Å²) in [5.41, 5.74) is 4.98. The van der Waals surface area contributed by atoms with Crippen LogP contribution in [0.3, 0.4) is 0 Å². The van der Waals surface area contributed by atoms with Gasteiger partial charge in [0.1, 0.15) is 5.54 Å². The average Bonchev–Trinajstić information content (AvgIpc) is 1.85. The highest BCUT2D eigenvalue weighted by molar-refractivity contribution is 5.00. The Morgan fingerprint density at radius 3 is 2.40 bits per heavy atom. The molecule has 0 saturated carbocycles. The summed E-state index contributed by atoms with van der Waals surface area (Å²) in [5.74, 6) is 0.635. The Kier molecular flexibility index (Phi) is 3.38. The highest BCUT2D eigenvalue weighted by Crippen LogP contribution is 2.12. The van der Waals surface area contributed by atoms with Crippen molar-refractivity contribution >= 4 is 0 Å². The van der Waals surface area contributed by atoms with Crippen LogP contribution in [0.1, 0.15) is 33.6 Å². The van der Waals surface area contributed by atoms with E-state index in [1.54, 1.807) is 6.92 Å². The lowest BCUT2D eigenvalue weighted by atomic mass is 9.95. The molecule has 0 aliphatic rings. The molecule has 0 aliphatic heterocycles. The predicted octanol–water partition coefficient (Wildman–Crippen LogP) is 1.66. The number of rotatable bonds is 3. The first-order valence-corrected chi connectivity index (χ1v) is 3.68. The monoisotopic (exact) mass is 140 g/mol. The molecule has 1 atom stereocenters.